The first-order valence-corrected chi connectivity index (χ1v) is 44.9. The lowest BCUT2D eigenvalue weighted by Crippen LogP contribution is -2.52. The molecule has 0 spiro atoms. The smallest absolute Gasteiger partial charge is 0.333 e. The summed E-state index contributed by atoms with van der Waals surface area (Å²) in [6, 6.07) is 2.20. The van der Waals surface area contributed by atoms with Crippen LogP contribution in [0.1, 0.15) is 33.6 Å². The van der Waals surface area contributed by atoms with Gasteiger partial charge in [0.2, 0.25) is 0 Å². The number of ether oxygens (including phenoxy) is 4. The van der Waals surface area contributed by atoms with Crippen molar-refractivity contribution in [2.24, 2.45) is 0 Å². The molecule has 20 nitrogen and oxygen atoms in total. The van der Waals surface area contributed by atoms with Crippen molar-refractivity contribution in [1.82, 2.24) is 0 Å². The molecule has 0 aliphatic carbocycles. The van der Waals surface area contributed by atoms with Crippen molar-refractivity contribution < 1.29 is 91.3 Å². The van der Waals surface area contributed by atoms with Crippen LogP contribution in [0, 0.1) is 0 Å². The van der Waals surface area contributed by atoms with E-state index in [4.69, 9.17) is 49.4 Å². The fraction of sp³-hybridized carbons (Fsp3) is 0.864. The number of rotatable bonds is 39. The van der Waals surface area contributed by atoms with Crippen molar-refractivity contribution in [1.29, 1.82) is 0 Å². The number of carbonyl (C=O) groups is 2. The molecule has 0 saturated carbocycles. The molecule has 0 fully saturated rings. The molecule has 0 radical (unpaired) electrons. The third-order valence-corrected chi connectivity index (χ3v) is 32.0. The van der Waals surface area contributed by atoms with E-state index in [-0.39, 0.29) is 50.8 Å². The van der Waals surface area contributed by atoms with Crippen LogP contribution in [-0.4, -0.2) is 192 Å². The summed E-state index contributed by atoms with van der Waals surface area (Å²) >= 11 is 0. The van der Waals surface area contributed by atoms with E-state index in [1.165, 1.54) is 13.8 Å². The van der Waals surface area contributed by atoms with Crippen molar-refractivity contribution in [3.05, 3.63) is 24.3 Å². The first-order valence-electron chi connectivity index (χ1n) is 24.6. The number of phosphoric ester groups is 2. The van der Waals surface area contributed by atoms with E-state index in [0.717, 1.165) is 12.1 Å². The predicted molar refractivity (Wildman–Crippen MR) is 293 cm³/mol. The van der Waals surface area contributed by atoms with Crippen LogP contribution in [0.15, 0.2) is 24.3 Å². The van der Waals surface area contributed by atoms with Crippen LogP contribution in [-0.2, 0) is 72.6 Å². The second kappa shape index (κ2) is 33.0. The summed E-state index contributed by atoms with van der Waals surface area (Å²) in [6.45, 7) is 36.3. The number of esters is 2. The zero-order valence-electron chi connectivity index (χ0n) is 48.0. The highest BCUT2D eigenvalue weighted by atomic mass is 31.2. The van der Waals surface area contributed by atoms with Gasteiger partial charge in [0.1, 0.15) is 45.1 Å². The van der Waals surface area contributed by atoms with E-state index < -0.39 is 96.9 Å². The van der Waals surface area contributed by atoms with Crippen molar-refractivity contribution in [3.63, 3.8) is 0 Å². The molecular formula is C44H98N2O18P2Si6. The van der Waals surface area contributed by atoms with Gasteiger partial charge in [-0.15, -0.1) is 0 Å². The van der Waals surface area contributed by atoms with Gasteiger partial charge in [-0.1, -0.05) is 20.1 Å². The van der Waals surface area contributed by atoms with Gasteiger partial charge in [0.25, 0.3) is 24.3 Å². The molecule has 5 atom stereocenters. The van der Waals surface area contributed by atoms with Gasteiger partial charge >= 0.3 is 20.5 Å². The van der Waals surface area contributed by atoms with Crippen LogP contribution in [0.25, 0.3) is 0 Å². The maximum Gasteiger partial charge on any atom is 0.333 e. The quantitative estimate of drug-likeness (QED) is 0.0146. The normalized spacial score (nSPS) is 16.2. The van der Waals surface area contributed by atoms with Gasteiger partial charge in [-0.05, 0) is 117 Å². The zero-order chi connectivity index (χ0) is 56.6. The lowest BCUT2D eigenvalue weighted by molar-refractivity contribution is -0.870. The molecule has 5 unspecified atom stereocenters. The summed E-state index contributed by atoms with van der Waals surface area (Å²) in [5.41, 5.74) is 1.06. The van der Waals surface area contributed by atoms with Crippen LogP contribution in [0.3, 0.4) is 0 Å². The molecule has 28 heteroatoms. The maximum absolute atomic E-state index is 12.4. The highest BCUT2D eigenvalue weighted by Crippen LogP contribution is 2.39. The second-order valence-electron chi connectivity index (χ2n) is 23.4. The van der Waals surface area contributed by atoms with Gasteiger partial charge in [0, 0.05) is 30.0 Å². The predicted octanol–water partition coefficient (Wildman–Crippen LogP) is 7.36. The molecule has 0 saturated heterocycles. The van der Waals surface area contributed by atoms with Gasteiger partial charge < -0.3 is 72.6 Å². The minimum Gasteiger partial charge on any atom is -0.756 e. The Bertz CT molecular complexity index is 1750. The maximum atomic E-state index is 12.4. The average molecular weight is 1170 g/mol. The standard InChI is InChI=1S/C22H50NO9PSi3.C22H48NO9PSi3/c1-20(2)22(24)30-21(19-29-33(25,26)28-16-14-23(3,4)5)18-27-15-13-17-36(12,31-34(6,7)8)32-35(9,10)11;1-11-34(27)19-36(10,32-35(7,8)9)16-12-14-28-21(17-29-22(24)20(2)3)18-31-33(25,26)30-15-13-23(4,5)6/h21H,1,13-19H2,2-12H3;21H,2,11-19H2,1,3-10H3. The van der Waals surface area contributed by atoms with Crippen LogP contribution in [0.2, 0.25) is 95.8 Å². The van der Waals surface area contributed by atoms with E-state index in [9.17, 15) is 33.0 Å². The van der Waals surface area contributed by atoms with Crippen molar-refractivity contribution in [2.75, 3.05) is 108 Å². The number of carbonyl (C=O) groups excluding carboxylic acids is 2. The summed E-state index contributed by atoms with van der Waals surface area (Å²) in [5, 5.41) is 0. The first kappa shape index (κ1) is 73.5. The van der Waals surface area contributed by atoms with E-state index >= 15 is 0 Å². The Hall–Kier alpha value is -0.539. The third kappa shape index (κ3) is 43.6. The molecule has 0 amide bonds. The summed E-state index contributed by atoms with van der Waals surface area (Å²) < 4.78 is 99.1. The first-order chi connectivity index (χ1) is 32.3. The van der Waals surface area contributed by atoms with Gasteiger partial charge in [0.15, 0.2) is 33.3 Å². The molecule has 0 heterocycles. The molecule has 0 N–H and O–H groups in total. The van der Waals surface area contributed by atoms with Crippen LogP contribution in [0.5, 0.6) is 0 Å². The molecular weight excluding hydrogens is 1070 g/mol. The van der Waals surface area contributed by atoms with Crippen LogP contribution < -0.4 is 9.79 Å². The minimum absolute atomic E-state index is 0.0123. The van der Waals surface area contributed by atoms with Gasteiger partial charge in [-0.2, -0.15) is 0 Å². The molecule has 0 aliphatic heterocycles. The molecule has 0 aromatic rings. The monoisotopic (exact) mass is 1170 g/mol. The van der Waals surface area contributed by atoms with Crippen molar-refractivity contribution in [3.8, 4) is 0 Å². The fourth-order valence-electron chi connectivity index (χ4n) is 6.36. The van der Waals surface area contributed by atoms with E-state index in [1.54, 1.807) is 0 Å². The highest BCUT2D eigenvalue weighted by Gasteiger charge is 2.40. The molecule has 72 heavy (non-hydrogen) atoms. The Balaban J connectivity index is 0. The van der Waals surface area contributed by atoms with Gasteiger partial charge in [0.05, 0.1) is 62.1 Å². The molecule has 0 aliphatic rings. The Morgan fingerprint density at radius 3 is 1.43 bits per heavy atom. The topological polar surface area (TPSA) is 233 Å². The second-order valence-corrected chi connectivity index (χ2v) is 50.7. The summed E-state index contributed by atoms with van der Waals surface area (Å²) in [4.78, 5) is 48.1. The summed E-state index contributed by atoms with van der Waals surface area (Å²) in [6.07, 6.45) is -0.392. The molecule has 0 aromatic carbocycles. The van der Waals surface area contributed by atoms with Crippen molar-refractivity contribution >= 4 is 78.1 Å². The molecule has 426 valence electrons. The lowest BCUT2D eigenvalue weighted by Gasteiger charge is -2.38. The van der Waals surface area contributed by atoms with E-state index in [1.807, 2.05) is 49.2 Å². The van der Waals surface area contributed by atoms with Gasteiger partial charge in [-0.25, -0.2) is 9.59 Å². The Labute approximate surface area is 441 Å². The number of nitrogens with zero attached hydrogens (tertiary/aromatic N) is 2. The van der Waals surface area contributed by atoms with E-state index in [2.05, 4.69) is 85.2 Å². The zero-order valence-corrected chi connectivity index (χ0v) is 55.8. The summed E-state index contributed by atoms with van der Waals surface area (Å²) in [5.74, 6) is -1.24. The fourth-order valence-corrected chi connectivity index (χ4v) is 33.5. The lowest BCUT2D eigenvalue weighted by atomic mass is 10.3. The van der Waals surface area contributed by atoms with Crippen LogP contribution in [0.4, 0.5) is 0 Å². The SMILES string of the molecule is C=C(C)C(=O)OC(COCCC[Si](C)(O[Si](C)(C)C)O[Si](C)(C)C)COP(=O)([O-])OCC[N+](C)(C)C.C=C(C)C(=O)OCC(COP(=O)([O-])OCC[N+](C)(C)C)OCCC[Si](C)(C[Si](=O)CC)O[Si](C)(C)C. The highest BCUT2D eigenvalue weighted by molar-refractivity contribution is 7.46. The number of likely N-dealkylation sites (N-methyl/N-ethyl adjacent to an activating group) is 2. The number of hydrogen-bond donors (Lipinski definition) is 0. The van der Waals surface area contributed by atoms with Crippen molar-refractivity contribution in [2.45, 2.75) is 142 Å². The largest absolute Gasteiger partial charge is 0.756 e. The Morgan fingerprint density at radius 2 is 1.03 bits per heavy atom. The average Bonchev–Trinajstić information content (AvgIpc) is 3.15. The number of hydrogen-bond acceptors (Lipinski definition) is 18. The Kier molecular flexibility index (Phi) is 33.7. The minimum atomic E-state index is -4.56. The van der Waals surface area contributed by atoms with Gasteiger partial charge in [-0.3, -0.25) is 9.13 Å². The Morgan fingerprint density at radius 1 is 0.597 bits per heavy atom. The van der Waals surface area contributed by atoms with E-state index in [0.29, 0.717) is 53.2 Å². The number of quaternary nitrogens is 2. The molecule has 0 bridgehead atoms. The van der Waals surface area contributed by atoms with Crippen LogP contribution >= 0.6 is 15.6 Å². The summed E-state index contributed by atoms with van der Waals surface area (Å²) in [7, 11) is -9.23. The molecule has 0 rings (SSSR count). The molecule has 0 aromatic heterocycles. The number of phosphoric acid groups is 2. The third-order valence-electron chi connectivity index (χ3n) is 9.22.